The van der Waals surface area contributed by atoms with Crippen LogP contribution in [0.1, 0.15) is 11.1 Å². The second kappa shape index (κ2) is 8.60. The summed E-state index contributed by atoms with van der Waals surface area (Å²) < 4.78 is 0.133. The van der Waals surface area contributed by atoms with Crippen LogP contribution in [0.3, 0.4) is 0 Å². The van der Waals surface area contributed by atoms with Crippen molar-refractivity contribution in [1.29, 1.82) is 0 Å². The van der Waals surface area contributed by atoms with E-state index in [4.69, 9.17) is 23.2 Å². The Hall–Kier alpha value is -2.44. The summed E-state index contributed by atoms with van der Waals surface area (Å²) in [5, 5.41) is 21.4. The molecule has 25 heavy (non-hydrogen) atoms. The van der Waals surface area contributed by atoms with Gasteiger partial charge in [0.05, 0.1) is 9.85 Å². The fourth-order valence-corrected chi connectivity index (χ4v) is 2.84. The van der Waals surface area contributed by atoms with Gasteiger partial charge >= 0.3 is 0 Å². The Balaban J connectivity index is 2.14. The minimum Gasteiger partial charge on any atom is -0.258 e. The van der Waals surface area contributed by atoms with Gasteiger partial charge in [-0.05, 0) is 29.9 Å². The van der Waals surface area contributed by atoms with Crippen LogP contribution in [0.15, 0.2) is 59.1 Å². The number of nitro groups is 2. The molecule has 0 aromatic heterocycles. The van der Waals surface area contributed by atoms with Crippen molar-refractivity contribution in [3.63, 3.8) is 0 Å². The lowest BCUT2D eigenvalue weighted by atomic mass is 9.92. The predicted molar refractivity (Wildman–Crippen MR) is 96.9 cm³/mol. The highest BCUT2D eigenvalue weighted by molar-refractivity contribution is 6.55. The molecule has 0 saturated carbocycles. The number of halogens is 2. The van der Waals surface area contributed by atoms with E-state index in [0.29, 0.717) is 12.8 Å². The van der Waals surface area contributed by atoms with Crippen molar-refractivity contribution in [2.45, 2.75) is 12.8 Å². The highest BCUT2D eigenvalue weighted by Gasteiger charge is 2.12. The number of nitro benzene ring substituents is 2. The van der Waals surface area contributed by atoms with Crippen LogP contribution < -0.4 is 0 Å². The van der Waals surface area contributed by atoms with Gasteiger partial charge < -0.3 is 0 Å². The van der Waals surface area contributed by atoms with Crippen LogP contribution in [-0.4, -0.2) is 9.85 Å². The summed E-state index contributed by atoms with van der Waals surface area (Å²) in [6.07, 6.45) is 2.86. The van der Waals surface area contributed by atoms with E-state index in [9.17, 15) is 20.2 Å². The van der Waals surface area contributed by atoms with Crippen LogP contribution in [0, 0.1) is 26.1 Å². The quantitative estimate of drug-likeness (QED) is 0.486. The molecule has 0 saturated heterocycles. The lowest BCUT2D eigenvalue weighted by molar-refractivity contribution is -0.385. The number of allylic oxidation sites excluding steroid dienone is 1. The zero-order valence-corrected chi connectivity index (χ0v) is 14.5. The van der Waals surface area contributed by atoms with Crippen LogP contribution in [-0.2, 0) is 12.8 Å². The van der Waals surface area contributed by atoms with Gasteiger partial charge in [-0.15, -0.1) is 0 Å². The van der Waals surface area contributed by atoms with Crippen molar-refractivity contribution in [3.05, 3.63) is 90.5 Å². The Morgan fingerprint density at radius 3 is 1.48 bits per heavy atom. The predicted octanol–water partition coefficient (Wildman–Crippen LogP) is 5.22. The number of benzene rings is 2. The van der Waals surface area contributed by atoms with Crippen molar-refractivity contribution < 1.29 is 9.85 Å². The third-order valence-electron chi connectivity index (χ3n) is 3.65. The Labute approximate surface area is 154 Å². The van der Waals surface area contributed by atoms with Gasteiger partial charge in [0.15, 0.2) is 0 Å². The van der Waals surface area contributed by atoms with Crippen molar-refractivity contribution in [2.24, 2.45) is 5.92 Å². The van der Waals surface area contributed by atoms with E-state index in [-0.39, 0.29) is 21.8 Å². The number of hydrogen-bond acceptors (Lipinski definition) is 4. The van der Waals surface area contributed by atoms with Crippen LogP contribution >= 0.6 is 23.2 Å². The van der Waals surface area contributed by atoms with E-state index in [1.54, 1.807) is 30.3 Å². The molecule has 0 aliphatic carbocycles. The highest BCUT2D eigenvalue weighted by Crippen LogP contribution is 2.23. The van der Waals surface area contributed by atoms with Crippen molar-refractivity contribution in [3.8, 4) is 0 Å². The molecule has 130 valence electrons. The maximum atomic E-state index is 10.7. The van der Waals surface area contributed by atoms with Gasteiger partial charge in [-0.25, -0.2) is 0 Å². The minimum atomic E-state index is -0.451. The summed E-state index contributed by atoms with van der Waals surface area (Å²) >= 11 is 11.6. The Kier molecular flexibility index (Phi) is 6.50. The van der Waals surface area contributed by atoms with E-state index in [1.165, 1.54) is 24.3 Å². The van der Waals surface area contributed by atoms with Crippen LogP contribution in [0.5, 0.6) is 0 Å². The molecule has 0 bridgehead atoms. The first-order valence-electron chi connectivity index (χ1n) is 7.34. The van der Waals surface area contributed by atoms with Crippen LogP contribution in [0.25, 0.3) is 0 Å². The van der Waals surface area contributed by atoms with E-state index < -0.39 is 9.85 Å². The number of non-ortho nitro benzene ring substituents is 2. The molecule has 0 fully saturated rings. The standard InChI is InChI=1S/C17H14Cl2N2O4/c18-17(19)11-14(9-12-1-5-15(6-2-12)20(22)23)10-13-3-7-16(8-4-13)21(24)25/h1-8,11,14H,9-10H2. The maximum absolute atomic E-state index is 10.7. The summed E-state index contributed by atoms with van der Waals surface area (Å²) in [4.78, 5) is 20.5. The molecule has 2 rings (SSSR count). The zero-order chi connectivity index (χ0) is 18.4. The third kappa shape index (κ3) is 5.85. The Bertz CT molecular complexity index is 726. The minimum absolute atomic E-state index is 0.0292. The van der Waals surface area contributed by atoms with E-state index in [0.717, 1.165) is 11.1 Å². The first-order valence-corrected chi connectivity index (χ1v) is 8.10. The first-order chi connectivity index (χ1) is 11.8. The van der Waals surface area contributed by atoms with Gasteiger partial charge in [0, 0.05) is 24.3 Å². The fraction of sp³-hybridized carbons (Fsp3) is 0.176. The number of hydrogen-bond donors (Lipinski definition) is 0. The van der Waals surface area contributed by atoms with E-state index in [1.807, 2.05) is 0 Å². The molecule has 0 unspecified atom stereocenters. The van der Waals surface area contributed by atoms with E-state index >= 15 is 0 Å². The molecule has 8 heteroatoms. The van der Waals surface area contributed by atoms with Gasteiger partial charge in [0.1, 0.15) is 4.49 Å². The molecule has 0 atom stereocenters. The molecule has 0 radical (unpaired) electrons. The topological polar surface area (TPSA) is 86.3 Å². The highest BCUT2D eigenvalue weighted by atomic mass is 35.5. The molecule has 0 heterocycles. The first kappa shape index (κ1) is 18.9. The van der Waals surface area contributed by atoms with Crippen molar-refractivity contribution >= 4 is 34.6 Å². The Morgan fingerprint density at radius 1 is 0.840 bits per heavy atom. The normalized spacial score (nSPS) is 10.5. The SMILES string of the molecule is O=[N+]([O-])c1ccc(CC(C=C(Cl)Cl)Cc2ccc([N+](=O)[O-])cc2)cc1. The fourth-order valence-electron chi connectivity index (χ4n) is 2.48. The lowest BCUT2D eigenvalue weighted by Gasteiger charge is -2.13. The van der Waals surface area contributed by atoms with Crippen LogP contribution in [0.2, 0.25) is 0 Å². The van der Waals surface area contributed by atoms with Gasteiger partial charge in [-0.3, -0.25) is 20.2 Å². The molecule has 2 aromatic carbocycles. The number of nitrogens with zero attached hydrogens (tertiary/aromatic N) is 2. The van der Waals surface area contributed by atoms with Gasteiger partial charge in [0.2, 0.25) is 0 Å². The second-order valence-corrected chi connectivity index (χ2v) is 6.48. The monoisotopic (exact) mass is 380 g/mol. The average Bonchev–Trinajstić information content (AvgIpc) is 2.55. The molecule has 0 spiro atoms. The van der Waals surface area contributed by atoms with Crippen molar-refractivity contribution in [1.82, 2.24) is 0 Å². The molecule has 6 nitrogen and oxygen atoms in total. The summed E-state index contributed by atoms with van der Waals surface area (Å²) in [6, 6.07) is 12.6. The smallest absolute Gasteiger partial charge is 0.258 e. The molecule has 0 amide bonds. The summed E-state index contributed by atoms with van der Waals surface area (Å²) in [6.45, 7) is 0. The number of rotatable bonds is 7. The van der Waals surface area contributed by atoms with Gasteiger partial charge in [-0.2, -0.15) is 0 Å². The average molecular weight is 381 g/mol. The lowest BCUT2D eigenvalue weighted by Crippen LogP contribution is -2.06. The molecule has 2 aromatic rings. The van der Waals surface area contributed by atoms with Crippen molar-refractivity contribution in [2.75, 3.05) is 0 Å². The molecule has 0 aliphatic heterocycles. The largest absolute Gasteiger partial charge is 0.269 e. The molecular formula is C17H14Cl2N2O4. The second-order valence-electron chi connectivity index (χ2n) is 5.47. The van der Waals surface area contributed by atoms with Gasteiger partial charge in [-0.1, -0.05) is 53.5 Å². The summed E-state index contributed by atoms with van der Waals surface area (Å²) in [5.41, 5.74) is 1.87. The molecule has 0 N–H and O–H groups in total. The van der Waals surface area contributed by atoms with Crippen LogP contribution in [0.4, 0.5) is 11.4 Å². The summed E-state index contributed by atoms with van der Waals surface area (Å²) in [5.74, 6) is -0.0482. The summed E-state index contributed by atoms with van der Waals surface area (Å²) in [7, 11) is 0. The molecular weight excluding hydrogens is 367 g/mol. The third-order valence-corrected chi connectivity index (χ3v) is 3.90. The molecule has 0 aliphatic rings. The zero-order valence-electron chi connectivity index (χ0n) is 13.0. The maximum Gasteiger partial charge on any atom is 0.269 e. The van der Waals surface area contributed by atoms with Gasteiger partial charge in [0.25, 0.3) is 11.4 Å². The van der Waals surface area contributed by atoms with E-state index in [2.05, 4.69) is 0 Å². The Morgan fingerprint density at radius 2 is 1.20 bits per heavy atom.